The van der Waals surface area contributed by atoms with Gasteiger partial charge in [0.1, 0.15) is 6.26 Å². The number of aromatic nitrogens is 3. The van der Waals surface area contributed by atoms with Crippen LogP contribution in [0.5, 0.6) is 0 Å². The molecule has 4 rings (SSSR count). The van der Waals surface area contributed by atoms with Crippen molar-refractivity contribution < 1.29 is 13.7 Å². The van der Waals surface area contributed by atoms with Crippen LogP contribution in [0.3, 0.4) is 0 Å². The fourth-order valence-corrected chi connectivity index (χ4v) is 2.57. The van der Waals surface area contributed by atoms with Crippen LogP contribution in [0, 0.1) is 0 Å². The third kappa shape index (κ3) is 2.31. The molecule has 8 nitrogen and oxygen atoms in total. The second-order valence-corrected chi connectivity index (χ2v) is 5.56. The predicted octanol–water partition coefficient (Wildman–Crippen LogP) is 0.420. The van der Waals surface area contributed by atoms with E-state index in [4.69, 9.17) is 4.42 Å². The summed E-state index contributed by atoms with van der Waals surface area (Å²) >= 11 is 0. The number of rotatable bonds is 4. The fraction of sp³-hybridized carbons (Fsp3) is 0.538. The zero-order chi connectivity index (χ0) is 14.2. The Kier molecular flexibility index (Phi) is 2.95. The highest BCUT2D eigenvalue weighted by Crippen LogP contribution is 2.37. The number of hydrogen-bond acceptors (Lipinski definition) is 7. The Morgan fingerprint density at radius 1 is 1.24 bits per heavy atom. The van der Waals surface area contributed by atoms with Gasteiger partial charge in [0.05, 0.1) is 5.92 Å². The third-order valence-electron chi connectivity index (χ3n) is 4.08. The second-order valence-electron chi connectivity index (χ2n) is 5.56. The van der Waals surface area contributed by atoms with Crippen molar-refractivity contribution in [2.75, 3.05) is 13.1 Å². The maximum absolute atomic E-state index is 11.8. The molecule has 0 unspecified atom stereocenters. The van der Waals surface area contributed by atoms with Crippen molar-refractivity contribution >= 4 is 5.91 Å². The van der Waals surface area contributed by atoms with E-state index >= 15 is 0 Å². The molecule has 0 atom stereocenters. The molecule has 1 saturated carbocycles. The van der Waals surface area contributed by atoms with Crippen LogP contribution in [-0.4, -0.2) is 40.4 Å². The molecule has 1 saturated heterocycles. The summed E-state index contributed by atoms with van der Waals surface area (Å²) in [7, 11) is 0. The van der Waals surface area contributed by atoms with E-state index < -0.39 is 0 Å². The highest BCUT2D eigenvalue weighted by molar-refractivity contribution is 5.92. The van der Waals surface area contributed by atoms with Crippen molar-refractivity contribution in [1.29, 1.82) is 0 Å². The van der Waals surface area contributed by atoms with E-state index in [1.54, 1.807) is 6.07 Å². The van der Waals surface area contributed by atoms with Gasteiger partial charge in [-0.25, -0.2) is 0 Å². The average molecular weight is 289 g/mol. The minimum absolute atomic E-state index is 0.125. The molecule has 2 N–H and O–H groups in total. The highest BCUT2D eigenvalue weighted by atomic mass is 16.5. The lowest BCUT2D eigenvalue weighted by Gasteiger charge is -2.33. The molecule has 2 aromatic heterocycles. The van der Waals surface area contributed by atoms with Crippen molar-refractivity contribution in [2.24, 2.45) is 0 Å². The van der Waals surface area contributed by atoms with Crippen molar-refractivity contribution in [1.82, 2.24) is 26.0 Å². The summed E-state index contributed by atoms with van der Waals surface area (Å²) < 4.78 is 10.4. The van der Waals surface area contributed by atoms with Gasteiger partial charge in [0.2, 0.25) is 11.8 Å². The lowest BCUT2D eigenvalue weighted by Crippen LogP contribution is -2.43. The number of amides is 1. The normalized spacial score (nSPS) is 25.1. The van der Waals surface area contributed by atoms with Crippen LogP contribution in [-0.2, 0) is 0 Å². The summed E-state index contributed by atoms with van der Waals surface area (Å²) in [4.78, 5) is 11.8. The zero-order valence-electron chi connectivity index (χ0n) is 11.3. The molecular formula is C13H15N5O3. The third-order valence-corrected chi connectivity index (χ3v) is 4.08. The molecule has 1 aliphatic carbocycles. The van der Waals surface area contributed by atoms with E-state index in [9.17, 15) is 4.79 Å². The molecule has 1 amide bonds. The molecule has 0 bridgehead atoms. The van der Waals surface area contributed by atoms with E-state index in [1.165, 1.54) is 6.26 Å². The molecule has 8 heteroatoms. The van der Waals surface area contributed by atoms with Gasteiger partial charge in [0.15, 0.2) is 5.69 Å². The molecule has 3 heterocycles. The summed E-state index contributed by atoms with van der Waals surface area (Å²) in [6, 6.07) is 1.67. The zero-order valence-corrected chi connectivity index (χ0v) is 11.3. The van der Waals surface area contributed by atoms with Gasteiger partial charge < -0.3 is 19.6 Å². The van der Waals surface area contributed by atoms with E-state index in [0.29, 0.717) is 17.5 Å². The number of carbonyl (C=O) groups excluding carboxylic acids is 1. The van der Waals surface area contributed by atoms with Gasteiger partial charge in [-0.2, -0.15) is 0 Å². The first-order chi connectivity index (χ1) is 10.3. The van der Waals surface area contributed by atoms with E-state index in [-0.39, 0.29) is 17.9 Å². The van der Waals surface area contributed by atoms with Crippen LogP contribution < -0.4 is 10.6 Å². The molecule has 0 radical (unpaired) electrons. The van der Waals surface area contributed by atoms with Crippen LogP contribution in [0.4, 0.5) is 0 Å². The maximum atomic E-state index is 11.8. The predicted molar refractivity (Wildman–Crippen MR) is 69.6 cm³/mol. The second kappa shape index (κ2) is 4.96. The summed E-state index contributed by atoms with van der Waals surface area (Å²) in [5, 5.41) is 17.9. The smallest absolute Gasteiger partial charge is 0.273 e. The number of carbonyl (C=O) groups is 1. The summed E-state index contributed by atoms with van der Waals surface area (Å²) in [5.74, 6) is 1.79. The molecular weight excluding hydrogens is 274 g/mol. The molecule has 1 aliphatic heterocycles. The van der Waals surface area contributed by atoms with Crippen molar-refractivity contribution in [3.63, 3.8) is 0 Å². The Hall–Kier alpha value is -2.22. The monoisotopic (exact) mass is 289 g/mol. The standard InChI is InChI=1S/C13H15N5O3/c19-11(10-1-2-20-18-10)15-9-3-7(4-9)12-16-17-13(21-12)8-5-14-6-8/h1-2,7-9,14H,3-6H2,(H,15,19)/t7-,9-. The van der Waals surface area contributed by atoms with Crippen molar-refractivity contribution in [2.45, 2.75) is 30.7 Å². The molecule has 110 valence electrons. The van der Waals surface area contributed by atoms with Gasteiger partial charge in [-0.15, -0.1) is 10.2 Å². The van der Waals surface area contributed by atoms with Gasteiger partial charge in [0, 0.05) is 31.1 Å². The van der Waals surface area contributed by atoms with Gasteiger partial charge in [0.25, 0.3) is 5.91 Å². The Bertz CT molecular complexity index is 628. The van der Waals surface area contributed by atoms with E-state index in [2.05, 4.69) is 30.5 Å². The minimum atomic E-state index is -0.209. The van der Waals surface area contributed by atoms with Gasteiger partial charge >= 0.3 is 0 Å². The number of nitrogens with one attached hydrogen (secondary N) is 2. The maximum Gasteiger partial charge on any atom is 0.273 e. The summed E-state index contributed by atoms with van der Waals surface area (Å²) in [6.07, 6.45) is 3.01. The summed E-state index contributed by atoms with van der Waals surface area (Å²) in [5.41, 5.74) is 0.302. The number of nitrogens with zero attached hydrogens (tertiary/aromatic N) is 3. The van der Waals surface area contributed by atoms with E-state index in [0.717, 1.165) is 31.8 Å². The fourth-order valence-electron chi connectivity index (χ4n) is 2.57. The Labute approximate surface area is 120 Å². The topological polar surface area (TPSA) is 106 Å². The Morgan fingerprint density at radius 3 is 2.62 bits per heavy atom. The molecule has 2 fully saturated rings. The van der Waals surface area contributed by atoms with Crippen molar-refractivity contribution in [3.05, 3.63) is 29.8 Å². The Balaban J connectivity index is 1.30. The van der Waals surface area contributed by atoms with Crippen LogP contribution in [0.1, 0.15) is 46.9 Å². The first-order valence-electron chi connectivity index (χ1n) is 7.05. The van der Waals surface area contributed by atoms with Crippen LogP contribution in [0.2, 0.25) is 0 Å². The number of hydrogen-bond donors (Lipinski definition) is 2. The van der Waals surface area contributed by atoms with Gasteiger partial charge in [-0.3, -0.25) is 4.79 Å². The lowest BCUT2D eigenvalue weighted by molar-refractivity contribution is 0.0893. The highest BCUT2D eigenvalue weighted by Gasteiger charge is 2.36. The van der Waals surface area contributed by atoms with Gasteiger partial charge in [-0.05, 0) is 12.8 Å². The van der Waals surface area contributed by atoms with Crippen LogP contribution in [0.15, 0.2) is 21.3 Å². The molecule has 0 spiro atoms. The Morgan fingerprint density at radius 2 is 2.00 bits per heavy atom. The first-order valence-corrected chi connectivity index (χ1v) is 7.05. The molecule has 0 aromatic carbocycles. The molecule has 21 heavy (non-hydrogen) atoms. The van der Waals surface area contributed by atoms with Crippen LogP contribution >= 0.6 is 0 Å². The largest absolute Gasteiger partial charge is 0.425 e. The first kappa shape index (κ1) is 12.5. The lowest BCUT2D eigenvalue weighted by atomic mass is 9.80. The van der Waals surface area contributed by atoms with E-state index in [1.807, 2.05) is 0 Å². The minimum Gasteiger partial charge on any atom is -0.425 e. The molecule has 2 aliphatic rings. The SMILES string of the molecule is O=C(N[C@H]1C[C@H](c2nnc(C3CNC3)o2)C1)c1ccon1. The van der Waals surface area contributed by atoms with Gasteiger partial charge in [-0.1, -0.05) is 5.16 Å². The van der Waals surface area contributed by atoms with Crippen molar-refractivity contribution in [3.8, 4) is 0 Å². The quantitative estimate of drug-likeness (QED) is 0.840. The molecule has 2 aromatic rings. The average Bonchev–Trinajstić information content (AvgIpc) is 3.01. The van der Waals surface area contributed by atoms with Crippen LogP contribution in [0.25, 0.3) is 0 Å². The summed E-state index contributed by atoms with van der Waals surface area (Å²) in [6.45, 7) is 1.81.